The Balaban J connectivity index is 2.29. The molecule has 2 rings (SSSR count). The maximum atomic E-state index is 12.1. The molecule has 0 fully saturated rings. The fourth-order valence-electron chi connectivity index (χ4n) is 3.14. The van der Waals surface area contributed by atoms with E-state index in [-0.39, 0.29) is 6.09 Å². The van der Waals surface area contributed by atoms with Crippen LogP contribution in [0.4, 0.5) is 4.79 Å². The van der Waals surface area contributed by atoms with Gasteiger partial charge >= 0.3 is 6.09 Å². The first-order valence-corrected chi connectivity index (χ1v) is 8.92. The number of aryl methyl sites for hydroxylation is 1. The molecule has 1 aliphatic heterocycles. The molecule has 0 bridgehead atoms. The maximum Gasteiger partial charge on any atom is 0.410 e. The van der Waals surface area contributed by atoms with Crippen molar-refractivity contribution >= 4 is 11.7 Å². The molecule has 0 radical (unpaired) electrons. The Hall–Kier alpha value is -2.03. The molecule has 0 saturated carbocycles. The smallest absolute Gasteiger partial charge is 0.410 e. The van der Waals surface area contributed by atoms with Gasteiger partial charge < -0.3 is 9.64 Å². The van der Waals surface area contributed by atoms with Crippen molar-refractivity contribution in [2.75, 3.05) is 19.7 Å². The number of ether oxygens (including phenoxy) is 1. The number of hydrogen-bond acceptors (Lipinski definition) is 2. The molecule has 130 valence electrons. The summed E-state index contributed by atoms with van der Waals surface area (Å²) >= 11 is 0. The van der Waals surface area contributed by atoms with E-state index in [1.807, 2.05) is 11.8 Å². The van der Waals surface area contributed by atoms with Gasteiger partial charge in [0.15, 0.2) is 0 Å². The number of nitrogens with zero attached hydrogens (tertiary/aromatic N) is 1. The third-order valence-corrected chi connectivity index (χ3v) is 4.74. The SMILES string of the molecule is C=C(CC)CCC1=C(c2ccccc2C)CN(C(=O)OCC)CC1. The van der Waals surface area contributed by atoms with E-state index in [2.05, 4.69) is 44.7 Å². The Morgan fingerprint density at radius 2 is 2.04 bits per heavy atom. The standard InChI is InChI=1S/C21H29NO2/c1-5-16(3)11-12-18-13-14-22(21(23)24-6-2)15-20(18)19-10-8-7-9-17(19)4/h7-10H,3,5-6,11-15H2,1-2,4H3. The van der Waals surface area contributed by atoms with Crippen LogP contribution in [0, 0.1) is 6.92 Å². The third kappa shape index (κ3) is 4.50. The Morgan fingerprint density at radius 3 is 2.71 bits per heavy atom. The molecular formula is C21H29NO2. The van der Waals surface area contributed by atoms with Crippen molar-refractivity contribution in [3.05, 3.63) is 53.1 Å². The molecule has 0 aliphatic carbocycles. The van der Waals surface area contributed by atoms with E-state index in [9.17, 15) is 4.79 Å². The lowest BCUT2D eigenvalue weighted by molar-refractivity contribution is 0.111. The number of carbonyl (C=O) groups is 1. The van der Waals surface area contributed by atoms with Crippen LogP contribution in [0.2, 0.25) is 0 Å². The van der Waals surface area contributed by atoms with E-state index in [4.69, 9.17) is 4.74 Å². The lowest BCUT2D eigenvalue weighted by atomic mass is 9.88. The van der Waals surface area contributed by atoms with Crippen molar-refractivity contribution in [3.8, 4) is 0 Å². The molecule has 1 heterocycles. The van der Waals surface area contributed by atoms with Gasteiger partial charge in [0.25, 0.3) is 0 Å². The maximum absolute atomic E-state index is 12.1. The van der Waals surface area contributed by atoms with Gasteiger partial charge in [-0.05, 0) is 56.2 Å². The molecule has 0 atom stereocenters. The van der Waals surface area contributed by atoms with Gasteiger partial charge in [0.2, 0.25) is 0 Å². The van der Waals surface area contributed by atoms with Crippen LogP contribution in [-0.4, -0.2) is 30.7 Å². The van der Waals surface area contributed by atoms with Crippen LogP contribution in [0.25, 0.3) is 5.57 Å². The minimum absolute atomic E-state index is 0.208. The van der Waals surface area contributed by atoms with E-state index in [1.54, 1.807) is 0 Å². The highest BCUT2D eigenvalue weighted by molar-refractivity contribution is 5.78. The molecular weight excluding hydrogens is 298 g/mol. The fourth-order valence-corrected chi connectivity index (χ4v) is 3.14. The van der Waals surface area contributed by atoms with E-state index in [1.165, 1.54) is 27.8 Å². The second kappa shape index (κ2) is 8.72. The molecule has 1 aromatic rings. The van der Waals surface area contributed by atoms with Crippen molar-refractivity contribution in [2.45, 2.75) is 46.5 Å². The predicted molar refractivity (Wildman–Crippen MR) is 100.0 cm³/mol. The lowest BCUT2D eigenvalue weighted by Crippen LogP contribution is -2.37. The zero-order valence-electron chi connectivity index (χ0n) is 15.2. The average Bonchev–Trinajstić information content (AvgIpc) is 2.60. The second-order valence-corrected chi connectivity index (χ2v) is 6.37. The first-order chi connectivity index (χ1) is 11.6. The van der Waals surface area contributed by atoms with Crippen molar-refractivity contribution in [2.24, 2.45) is 0 Å². The van der Waals surface area contributed by atoms with Gasteiger partial charge in [-0.25, -0.2) is 4.79 Å². The minimum Gasteiger partial charge on any atom is -0.450 e. The molecule has 0 N–H and O–H groups in total. The molecule has 0 saturated heterocycles. The molecule has 3 heteroatoms. The van der Waals surface area contributed by atoms with Crippen LogP contribution in [0.15, 0.2) is 42.0 Å². The molecule has 0 unspecified atom stereocenters. The fraction of sp³-hybridized carbons (Fsp3) is 0.476. The summed E-state index contributed by atoms with van der Waals surface area (Å²) in [5.41, 5.74) is 6.55. The second-order valence-electron chi connectivity index (χ2n) is 6.37. The van der Waals surface area contributed by atoms with Gasteiger partial charge in [0.1, 0.15) is 0 Å². The van der Waals surface area contributed by atoms with E-state index < -0.39 is 0 Å². The summed E-state index contributed by atoms with van der Waals surface area (Å²) in [6, 6.07) is 8.42. The summed E-state index contributed by atoms with van der Waals surface area (Å²) < 4.78 is 5.20. The molecule has 3 nitrogen and oxygen atoms in total. The topological polar surface area (TPSA) is 29.5 Å². The van der Waals surface area contributed by atoms with Gasteiger partial charge in [0.05, 0.1) is 6.61 Å². The third-order valence-electron chi connectivity index (χ3n) is 4.74. The molecule has 1 aliphatic rings. The van der Waals surface area contributed by atoms with Crippen LogP contribution in [-0.2, 0) is 4.74 Å². The highest BCUT2D eigenvalue weighted by atomic mass is 16.6. The highest BCUT2D eigenvalue weighted by Crippen LogP contribution is 2.32. The van der Waals surface area contributed by atoms with Crippen molar-refractivity contribution in [1.29, 1.82) is 0 Å². The van der Waals surface area contributed by atoms with Gasteiger partial charge in [-0.3, -0.25) is 0 Å². The average molecular weight is 327 g/mol. The van der Waals surface area contributed by atoms with Crippen LogP contribution >= 0.6 is 0 Å². The van der Waals surface area contributed by atoms with E-state index in [0.717, 1.165) is 32.2 Å². The Kier molecular flexibility index (Phi) is 6.65. The quantitative estimate of drug-likeness (QED) is 0.658. The van der Waals surface area contributed by atoms with Crippen LogP contribution < -0.4 is 0 Å². The summed E-state index contributed by atoms with van der Waals surface area (Å²) in [5.74, 6) is 0. The molecule has 0 aromatic heterocycles. The number of rotatable bonds is 6. The largest absolute Gasteiger partial charge is 0.450 e. The zero-order valence-corrected chi connectivity index (χ0v) is 15.2. The summed E-state index contributed by atoms with van der Waals surface area (Å²) in [5, 5.41) is 0. The Morgan fingerprint density at radius 1 is 1.29 bits per heavy atom. The molecule has 1 aromatic carbocycles. The highest BCUT2D eigenvalue weighted by Gasteiger charge is 2.24. The lowest BCUT2D eigenvalue weighted by Gasteiger charge is -2.31. The zero-order chi connectivity index (χ0) is 17.5. The van der Waals surface area contributed by atoms with Gasteiger partial charge in [-0.2, -0.15) is 0 Å². The molecule has 24 heavy (non-hydrogen) atoms. The van der Waals surface area contributed by atoms with Gasteiger partial charge in [0, 0.05) is 13.1 Å². The normalized spacial score (nSPS) is 14.7. The van der Waals surface area contributed by atoms with Crippen molar-refractivity contribution in [1.82, 2.24) is 4.90 Å². The van der Waals surface area contributed by atoms with Crippen molar-refractivity contribution in [3.63, 3.8) is 0 Å². The van der Waals surface area contributed by atoms with Crippen LogP contribution in [0.3, 0.4) is 0 Å². The Labute approximate surface area is 146 Å². The number of hydrogen-bond donors (Lipinski definition) is 0. The first-order valence-electron chi connectivity index (χ1n) is 8.92. The number of benzene rings is 1. The summed E-state index contributed by atoms with van der Waals surface area (Å²) in [7, 11) is 0. The molecule has 1 amide bonds. The Bertz CT molecular complexity index is 630. The van der Waals surface area contributed by atoms with Crippen molar-refractivity contribution < 1.29 is 9.53 Å². The summed E-state index contributed by atoms with van der Waals surface area (Å²) in [4.78, 5) is 14.0. The predicted octanol–water partition coefficient (Wildman–Crippen LogP) is 5.36. The monoisotopic (exact) mass is 327 g/mol. The molecule has 0 spiro atoms. The summed E-state index contributed by atoms with van der Waals surface area (Å²) in [6.45, 7) is 12.1. The number of carbonyl (C=O) groups excluding carboxylic acids is 1. The minimum atomic E-state index is -0.208. The first kappa shape index (κ1) is 18.3. The number of allylic oxidation sites excluding steroid dienone is 1. The summed E-state index contributed by atoms with van der Waals surface area (Å²) in [6.07, 6.45) is 3.80. The van der Waals surface area contributed by atoms with Crippen LogP contribution in [0.5, 0.6) is 0 Å². The van der Waals surface area contributed by atoms with E-state index in [0.29, 0.717) is 13.2 Å². The number of amides is 1. The van der Waals surface area contributed by atoms with Gasteiger partial charge in [-0.15, -0.1) is 0 Å². The van der Waals surface area contributed by atoms with Gasteiger partial charge in [-0.1, -0.05) is 48.9 Å². The van der Waals surface area contributed by atoms with Crippen LogP contribution in [0.1, 0.15) is 50.7 Å². The van der Waals surface area contributed by atoms with E-state index >= 15 is 0 Å².